The van der Waals surface area contributed by atoms with Crippen LogP contribution in [0, 0.1) is 46.3 Å². The Balaban J connectivity index is 1.55. The van der Waals surface area contributed by atoms with Gasteiger partial charge in [0.15, 0.2) is 0 Å². The second-order valence-corrected chi connectivity index (χ2v) is 11.4. The minimum absolute atomic E-state index is 0.179. The summed E-state index contributed by atoms with van der Waals surface area (Å²) in [5.74, 6) is 2.36. The number of aliphatic hydroxyl groups is 2. The minimum Gasteiger partial charge on any atom is -0.481 e. The molecule has 0 heterocycles. The molecular weight excluding hydrogens is 352 g/mol. The highest BCUT2D eigenvalue weighted by Crippen LogP contribution is 2.68. The molecule has 0 saturated heterocycles. The third-order valence-electron chi connectivity index (χ3n) is 10.2. The molecule has 0 aromatic carbocycles. The number of fused-ring (bicyclic) bond motifs is 5. The molecule has 0 radical (unpaired) electrons. The number of carboxylic acid groups (broad SMARTS) is 1. The van der Waals surface area contributed by atoms with Crippen molar-refractivity contribution in [1.82, 2.24) is 0 Å². The average molecular weight is 393 g/mol. The van der Waals surface area contributed by atoms with Gasteiger partial charge in [0.2, 0.25) is 0 Å². The molecule has 3 N–H and O–H groups in total. The molecule has 4 aliphatic carbocycles. The van der Waals surface area contributed by atoms with E-state index < -0.39 is 5.97 Å². The fourth-order valence-corrected chi connectivity index (χ4v) is 8.73. The average Bonchev–Trinajstić information content (AvgIpc) is 2.98. The van der Waals surface area contributed by atoms with Crippen molar-refractivity contribution >= 4 is 5.97 Å². The second-order valence-electron chi connectivity index (χ2n) is 11.4. The van der Waals surface area contributed by atoms with Crippen LogP contribution >= 0.6 is 0 Å². The normalized spacial score (nSPS) is 51.7. The van der Waals surface area contributed by atoms with Gasteiger partial charge < -0.3 is 15.3 Å². The van der Waals surface area contributed by atoms with Gasteiger partial charge in [-0.1, -0.05) is 20.8 Å². The molecular formula is C24H40O4. The van der Waals surface area contributed by atoms with Crippen LogP contribution < -0.4 is 0 Å². The van der Waals surface area contributed by atoms with Gasteiger partial charge in [-0.25, -0.2) is 0 Å². The molecule has 0 amide bonds. The molecule has 4 saturated carbocycles. The maximum atomic E-state index is 11.2. The SMILES string of the molecule is CC(CCC(=O)O)C1CCC2C3C(O)CC4CC(O)CC[C@]4(C)C3CC[C@]12C. The van der Waals surface area contributed by atoms with Crippen molar-refractivity contribution in [1.29, 1.82) is 0 Å². The first kappa shape index (κ1) is 20.7. The van der Waals surface area contributed by atoms with Crippen LogP contribution in [0.1, 0.15) is 85.0 Å². The van der Waals surface area contributed by atoms with Crippen molar-refractivity contribution < 1.29 is 20.1 Å². The van der Waals surface area contributed by atoms with Crippen LogP contribution in [0.3, 0.4) is 0 Å². The molecule has 0 bridgehead atoms. The fraction of sp³-hybridized carbons (Fsp3) is 0.958. The van der Waals surface area contributed by atoms with E-state index in [9.17, 15) is 15.0 Å². The zero-order valence-electron chi connectivity index (χ0n) is 17.9. The van der Waals surface area contributed by atoms with Crippen LogP contribution in [0.25, 0.3) is 0 Å². The number of carbonyl (C=O) groups is 1. The van der Waals surface area contributed by atoms with Crippen LogP contribution in [-0.4, -0.2) is 33.5 Å². The summed E-state index contributed by atoms with van der Waals surface area (Å²) in [5.41, 5.74) is 0.523. The Labute approximate surface area is 170 Å². The molecule has 4 fully saturated rings. The maximum absolute atomic E-state index is 11.2. The van der Waals surface area contributed by atoms with E-state index in [0.717, 1.165) is 32.1 Å². The largest absolute Gasteiger partial charge is 0.481 e. The van der Waals surface area contributed by atoms with Crippen molar-refractivity contribution in [3.63, 3.8) is 0 Å². The van der Waals surface area contributed by atoms with Crippen molar-refractivity contribution in [2.75, 3.05) is 0 Å². The number of hydrogen-bond acceptors (Lipinski definition) is 3. The van der Waals surface area contributed by atoms with E-state index in [2.05, 4.69) is 20.8 Å². The topological polar surface area (TPSA) is 77.8 Å². The molecule has 0 spiro atoms. The van der Waals surface area contributed by atoms with Gasteiger partial charge in [0.1, 0.15) is 0 Å². The predicted octanol–water partition coefficient (Wildman–Crippen LogP) is 4.48. The van der Waals surface area contributed by atoms with Crippen LogP contribution in [0.5, 0.6) is 0 Å². The quantitative estimate of drug-likeness (QED) is 0.659. The fourth-order valence-electron chi connectivity index (χ4n) is 8.73. The lowest BCUT2D eigenvalue weighted by Crippen LogP contribution is -2.58. The van der Waals surface area contributed by atoms with E-state index >= 15 is 0 Å². The smallest absolute Gasteiger partial charge is 0.303 e. The molecule has 4 nitrogen and oxygen atoms in total. The zero-order chi connectivity index (χ0) is 20.3. The third kappa shape index (κ3) is 3.14. The zero-order valence-corrected chi connectivity index (χ0v) is 17.9. The molecule has 0 aliphatic heterocycles. The second kappa shape index (κ2) is 7.27. The first-order valence-corrected chi connectivity index (χ1v) is 11.7. The van der Waals surface area contributed by atoms with Gasteiger partial charge in [-0.2, -0.15) is 0 Å². The highest BCUT2D eigenvalue weighted by Gasteiger charge is 2.62. The lowest BCUT2D eigenvalue weighted by atomic mass is 9.43. The van der Waals surface area contributed by atoms with E-state index in [-0.39, 0.29) is 29.5 Å². The molecule has 0 aromatic heterocycles. The summed E-state index contributed by atoms with van der Waals surface area (Å²) in [6.45, 7) is 7.16. The first-order chi connectivity index (χ1) is 13.2. The van der Waals surface area contributed by atoms with E-state index in [0.29, 0.717) is 35.5 Å². The summed E-state index contributed by atoms with van der Waals surface area (Å²) < 4.78 is 0. The van der Waals surface area contributed by atoms with Crippen molar-refractivity contribution in [3.8, 4) is 0 Å². The number of aliphatic carboxylic acids is 1. The predicted molar refractivity (Wildman–Crippen MR) is 109 cm³/mol. The number of aliphatic hydroxyl groups excluding tert-OH is 2. The molecule has 8 unspecified atom stereocenters. The summed E-state index contributed by atoms with van der Waals surface area (Å²) >= 11 is 0. The van der Waals surface area contributed by atoms with Crippen molar-refractivity contribution in [2.45, 2.75) is 97.2 Å². The Bertz CT molecular complexity index is 605. The van der Waals surface area contributed by atoms with Crippen LogP contribution in [0.4, 0.5) is 0 Å². The number of rotatable bonds is 4. The van der Waals surface area contributed by atoms with E-state index in [4.69, 9.17) is 5.11 Å². The van der Waals surface area contributed by atoms with E-state index in [1.165, 1.54) is 25.7 Å². The third-order valence-corrected chi connectivity index (χ3v) is 10.2. The van der Waals surface area contributed by atoms with Gasteiger partial charge in [0, 0.05) is 6.42 Å². The first-order valence-electron chi connectivity index (χ1n) is 11.7. The van der Waals surface area contributed by atoms with Crippen LogP contribution in [0.15, 0.2) is 0 Å². The van der Waals surface area contributed by atoms with Gasteiger partial charge in [0.05, 0.1) is 12.2 Å². The molecule has 0 aromatic rings. The molecule has 10 atom stereocenters. The van der Waals surface area contributed by atoms with Crippen molar-refractivity contribution in [2.24, 2.45) is 46.3 Å². The molecule has 4 aliphatic rings. The summed E-state index contributed by atoms with van der Waals surface area (Å²) in [6, 6.07) is 0. The summed E-state index contributed by atoms with van der Waals surface area (Å²) in [7, 11) is 0. The Morgan fingerprint density at radius 3 is 2.39 bits per heavy atom. The summed E-state index contributed by atoms with van der Waals surface area (Å²) in [6.07, 6.45) is 9.19. The summed E-state index contributed by atoms with van der Waals surface area (Å²) in [5, 5.41) is 30.5. The van der Waals surface area contributed by atoms with Crippen LogP contribution in [0.2, 0.25) is 0 Å². The monoisotopic (exact) mass is 392 g/mol. The van der Waals surface area contributed by atoms with Gasteiger partial charge in [-0.3, -0.25) is 4.79 Å². The van der Waals surface area contributed by atoms with Crippen molar-refractivity contribution in [3.05, 3.63) is 0 Å². The number of carboxylic acids is 1. The van der Waals surface area contributed by atoms with Gasteiger partial charge in [-0.15, -0.1) is 0 Å². The van der Waals surface area contributed by atoms with Gasteiger partial charge >= 0.3 is 5.97 Å². The highest BCUT2D eigenvalue weighted by atomic mass is 16.4. The molecule has 4 heteroatoms. The lowest BCUT2D eigenvalue weighted by molar-refractivity contribution is -0.174. The Kier molecular flexibility index (Phi) is 5.36. The Hall–Kier alpha value is -0.610. The molecule has 4 rings (SSSR count). The summed E-state index contributed by atoms with van der Waals surface area (Å²) in [4.78, 5) is 11.1. The number of hydrogen-bond donors (Lipinski definition) is 3. The lowest BCUT2D eigenvalue weighted by Gasteiger charge is -2.62. The standard InChI is InChI=1S/C24H40O4/c1-14(4-7-21(27)28)17-5-6-18-22-19(9-11-24(17,18)3)23(2)10-8-16(25)12-15(23)13-20(22)26/h14-20,22,25-26H,4-13H2,1-3H3,(H,27,28)/t14?,15?,16?,17?,18?,19?,20?,22?,23-,24+/m0/s1. The molecule has 160 valence electrons. The van der Waals surface area contributed by atoms with E-state index in [1.54, 1.807) is 0 Å². The maximum Gasteiger partial charge on any atom is 0.303 e. The molecule has 28 heavy (non-hydrogen) atoms. The highest BCUT2D eigenvalue weighted by molar-refractivity contribution is 5.66. The van der Waals surface area contributed by atoms with Gasteiger partial charge in [-0.05, 0) is 104 Å². The Morgan fingerprint density at radius 2 is 1.68 bits per heavy atom. The van der Waals surface area contributed by atoms with E-state index in [1.807, 2.05) is 0 Å². The van der Waals surface area contributed by atoms with Gasteiger partial charge in [0.25, 0.3) is 0 Å². The minimum atomic E-state index is -0.684. The Morgan fingerprint density at radius 1 is 1.00 bits per heavy atom. The van der Waals surface area contributed by atoms with Crippen LogP contribution in [-0.2, 0) is 4.79 Å².